The SMILES string of the molecule is Nc1ccc2c(c1)Sc1ccc(N)cc1N2c1ccccc1. The highest BCUT2D eigenvalue weighted by atomic mass is 32.2. The number of nitrogens with zero attached hydrogens (tertiary/aromatic N) is 1. The van der Waals surface area contributed by atoms with Crippen molar-refractivity contribution in [1.29, 1.82) is 0 Å². The number of anilines is 5. The molecule has 1 aliphatic rings. The van der Waals surface area contributed by atoms with Gasteiger partial charge in [-0.1, -0.05) is 30.0 Å². The fourth-order valence-electron chi connectivity index (χ4n) is 2.70. The Labute approximate surface area is 133 Å². The van der Waals surface area contributed by atoms with Gasteiger partial charge < -0.3 is 16.4 Å². The second-order valence-corrected chi connectivity index (χ2v) is 6.31. The summed E-state index contributed by atoms with van der Waals surface area (Å²) in [5, 5.41) is 0. The highest BCUT2D eigenvalue weighted by Gasteiger charge is 2.24. The molecule has 0 radical (unpaired) electrons. The summed E-state index contributed by atoms with van der Waals surface area (Å²) in [6.45, 7) is 0. The maximum Gasteiger partial charge on any atom is 0.0622 e. The Hall–Kier alpha value is -2.59. The van der Waals surface area contributed by atoms with Crippen molar-refractivity contribution < 1.29 is 0 Å². The van der Waals surface area contributed by atoms with Crippen molar-refractivity contribution in [3.05, 3.63) is 66.7 Å². The average molecular weight is 305 g/mol. The van der Waals surface area contributed by atoms with Crippen LogP contribution in [0.5, 0.6) is 0 Å². The van der Waals surface area contributed by atoms with Crippen molar-refractivity contribution in [3.8, 4) is 0 Å². The quantitative estimate of drug-likeness (QED) is 0.497. The number of hydrogen-bond donors (Lipinski definition) is 2. The standard InChI is InChI=1S/C18H15N3S/c19-12-7-9-17-16(10-12)21(14-4-2-1-3-5-14)15-8-6-13(20)11-18(15)22-17/h1-11H,19-20H2. The molecule has 0 saturated heterocycles. The topological polar surface area (TPSA) is 55.3 Å². The Morgan fingerprint density at radius 3 is 2.23 bits per heavy atom. The van der Waals surface area contributed by atoms with Crippen LogP contribution >= 0.6 is 11.8 Å². The fourth-order valence-corrected chi connectivity index (χ4v) is 3.78. The molecule has 0 fully saturated rings. The number of fused-ring (bicyclic) bond motifs is 2. The van der Waals surface area contributed by atoms with Crippen LogP contribution in [0.1, 0.15) is 0 Å². The van der Waals surface area contributed by atoms with Crippen LogP contribution in [0.2, 0.25) is 0 Å². The molecule has 0 unspecified atom stereocenters. The number of hydrogen-bond acceptors (Lipinski definition) is 4. The summed E-state index contributed by atoms with van der Waals surface area (Å²) in [7, 11) is 0. The molecule has 1 aliphatic heterocycles. The van der Waals surface area contributed by atoms with Gasteiger partial charge in [-0.15, -0.1) is 0 Å². The summed E-state index contributed by atoms with van der Waals surface area (Å²) >= 11 is 1.73. The van der Waals surface area contributed by atoms with E-state index in [1.807, 2.05) is 42.5 Å². The summed E-state index contributed by atoms with van der Waals surface area (Å²) in [4.78, 5) is 4.56. The molecule has 0 atom stereocenters. The molecule has 108 valence electrons. The average Bonchev–Trinajstić information content (AvgIpc) is 2.53. The summed E-state index contributed by atoms with van der Waals surface area (Å²) in [6.07, 6.45) is 0. The van der Waals surface area contributed by atoms with E-state index in [0.29, 0.717) is 0 Å². The first-order valence-electron chi connectivity index (χ1n) is 7.04. The van der Waals surface area contributed by atoms with Crippen molar-refractivity contribution in [2.45, 2.75) is 9.79 Å². The predicted octanol–water partition coefficient (Wildman–Crippen LogP) is 4.79. The van der Waals surface area contributed by atoms with E-state index in [2.05, 4.69) is 29.2 Å². The summed E-state index contributed by atoms with van der Waals surface area (Å²) in [5.41, 5.74) is 16.9. The van der Waals surface area contributed by atoms with Gasteiger partial charge in [-0.3, -0.25) is 0 Å². The van der Waals surface area contributed by atoms with Gasteiger partial charge in [0.2, 0.25) is 0 Å². The first-order valence-corrected chi connectivity index (χ1v) is 7.86. The van der Waals surface area contributed by atoms with Crippen molar-refractivity contribution in [2.24, 2.45) is 0 Å². The molecule has 0 amide bonds. The lowest BCUT2D eigenvalue weighted by molar-refractivity contribution is 1.17. The highest BCUT2D eigenvalue weighted by Crippen LogP contribution is 2.52. The molecule has 4 rings (SSSR count). The van der Waals surface area contributed by atoms with E-state index in [-0.39, 0.29) is 0 Å². The minimum Gasteiger partial charge on any atom is -0.399 e. The Kier molecular flexibility index (Phi) is 2.98. The zero-order chi connectivity index (χ0) is 15.1. The highest BCUT2D eigenvalue weighted by molar-refractivity contribution is 7.99. The second kappa shape index (κ2) is 5.00. The molecule has 4 heteroatoms. The van der Waals surface area contributed by atoms with E-state index in [4.69, 9.17) is 11.5 Å². The van der Waals surface area contributed by atoms with Gasteiger partial charge in [-0.05, 0) is 48.5 Å². The van der Waals surface area contributed by atoms with Gasteiger partial charge in [0.25, 0.3) is 0 Å². The molecule has 1 heterocycles. The Morgan fingerprint density at radius 2 is 1.41 bits per heavy atom. The van der Waals surface area contributed by atoms with Gasteiger partial charge in [-0.25, -0.2) is 0 Å². The lowest BCUT2D eigenvalue weighted by Crippen LogP contribution is -2.15. The number of benzene rings is 3. The van der Waals surface area contributed by atoms with Crippen LogP contribution in [-0.4, -0.2) is 0 Å². The molecular weight excluding hydrogens is 290 g/mol. The third-order valence-electron chi connectivity index (χ3n) is 3.68. The third kappa shape index (κ3) is 2.09. The number of para-hydroxylation sites is 1. The van der Waals surface area contributed by atoms with E-state index in [9.17, 15) is 0 Å². The van der Waals surface area contributed by atoms with E-state index in [1.165, 1.54) is 4.90 Å². The van der Waals surface area contributed by atoms with Crippen LogP contribution in [0.4, 0.5) is 28.4 Å². The maximum atomic E-state index is 6.01. The van der Waals surface area contributed by atoms with Crippen molar-refractivity contribution >= 4 is 40.2 Å². The van der Waals surface area contributed by atoms with Gasteiger partial charge in [0.1, 0.15) is 0 Å². The lowest BCUT2D eigenvalue weighted by Gasteiger charge is -2.33. The summed E-state index contributed by atoms with van der Waals surface area (Å²) < 4.78 is 0. The Bertz CT molecular complexity index is 846. The van der Waals surface area contributed by atoms with Gasteiger partial charge in [0, 0.05) is 26.9 Å². The summed E-state index contributed by atoms with van der Waals surface area (Å²) in [5.74, 6) is 0. The Balaban J connectivity index is 1.98. The number of rotatable bonds is 1. The molecular formula is C18H15N3S. The van der Waals surface area contributed by atoms with Crippen LogP contribution < -0.4 is 16.4 Å². The normalized spacial score (nSPS) is 12.6. The van der Waals surface area contributed by atoms with Crippen LogP contribution in [0.25, 0.3) is 0 Å². The van der Waals surface area contributed by atoms with Crippen molar-refractivity contribution in [3.63, 3.8) is 0 Å². The van der Waals surface area contributed by atoms with E-state index in [0.717, 1.165) is 33.3 Å². The van der Waals surface area contributed by atoms with E-state index >= 15 is 0 Å². The molecule has 0 spiro atoms. The molecule has 3 aromatic carbocycles. The molecule has 0 saturated carbocycles. The molecule has 0 bridgehead atoms. The smallest absolute Gasteiger partial charge is 0.0622 e. The van der Waals surface area contributed by atoms with Gasteiger partial charge in [0.05, 0.1) is 11.4 Å². The predicted molar refractivity (Wildman–Crippen MR) is 94.1 cm³/mol. The molecule has 3 aromatic rings. The second-order valence-electron chi connectivity index (χ2n) is 5.23. The zero-order valence-electron chi connectivity index (χ0n) is 11.9. The van der Waals surface area contributed by atoms with E-state index < -0.39 is 0 Å². The number of nitrogen functional groups attached to an aromatic ring is 2. The van der Waals surface area contributed by atoms with Gasteiger partial charge in [0.15, 0.2) is 0 Å². The first-order chi connectivity index (χ1) is 10.7. The van der Waals surface area contributed by atoms with Gasteiger partial charge >= 0.3 is 0 Å². The molecule has 0 aromatic heterocycles. The largest absolute Gasteiger partial charge is 0.399 e. The van der Waals surface area contributed by atoms with Crippen LogP contribution in [-0.2, 0) is 0 Å². The molecule has 0 aliphatic carbocycles. The first kappa shape index (κ1) is 13.1. The van der Waals surface area contributed by atoms with Crippen molar-refractivity contribution in [1.82, 2.24) is 0 Å². The molecule has 3 nitrogen and oxygen atoms in total. The minimum atomic E-state index is 0.763. The van der Waals surface area contributed by atoms with Crippen LogP contribution in [0.3, 0.4) is 0 Å². The Morgan fingerprint density at radius 1 is 0.682 bits per heavy atom. The maximum absolute atomic E-state index is 6.01. The fraction of sp³-hybridized carbons (Fsp3) is 0. The van der Waals surface area contributed by atoms with Crippen LogP contribution in [0.15, 0.2) is 76.5 Å². The lowest BCUT2D eigenvalue weighted by atomic mass is 10.1. The number of nitrogens with two attached hydrogens (primary N) is 2. The third-order valence-corrected chi connectivity index (χ3v) is 4.80. The summed E-state index contributed by atoms with van der Waals surface area (Å²) in [6, 6.07) is 22.4. The monoisotopic (exact) mass is 305 g/mol. The molecule has 22 heavy (non-hydrogen) atoms. The molecule has 4 N–H and O–H groups in total. The minimum absolute atomic E-state index is 0.763. The van der Waals surface area contributed by atoms with E-state index in [1.54, 1.807) is 11.8 Å². The van der Waals surface area contributed by atoms with Gasteiger partial charge in [-0.2, -0.15) is 0 Å². The van der Waals surface area contributed by atoms with Crippen molar-refractivity contribution in [2.75, 3.05) is 16.4 Å². The van der Waals surface area contributed by atoms with Crippen LogP contribution in [0, 0.1) is 0 Å². The zero-order valence-corrected chi connectivity index (χ0v) is 12.7.